The summed E-state index contributed by atoms with van der Waals surface area (Å²) in [6.45, 7) is 3.43. The number of carbonyl (C=O) groups is 1. The molecule has 3 aromatic rings. The number of fused-ring (bicyclic) bond motifs is 1. The summed E-state index contributed by atoms with van der Waals surface area (Å²) >= 11 is 9.50. The second kappa shape index (κ2) is 8.53. The van der Waals surface area contributed by atoms with E-state index in [4.69, 9.17) is 17.3 Å². The molecule has 0 saturated carbocycles. The Morgan fingerprint density at radius 3 is 2.73 bits per heavy atom. The van der Waals surface area contributed by atoms with Crippen molar-refractivity contribution < 1.29 is 4.79 Å². The third-order valence-electron chi connectivity index (χ3n) is 5.72. The van der Waals surface area contributed by atoms with Crippen molar-refractivity contribution in [3.05, 3.63) is 51.8 Å². The molecule has 30 heavy (non-hydrogen) atoms. The third kappa shape index (κ3) is 4.45. The monoisotopic (exact) mass is 490 g/mol. The molecule has 7 nitrogen and oxygen atoms in total. The summed E-state index contributed by atoms with van der Waals surface area (Å²) in [7, 11) is 0. The molecular formula is C21H24BrClN6O. The summed E-state index contributed by atoms with van der Waals surface area (Å²) in [4.78, 5) is 26.7. The number of aromatic amines is 1. The number of halogens is 2. The van der Waals surface area contributed by atoms with E-state index in [2.05, 4.69) is 41.1 Å². The molecule has 1 fully saturated rings. The lowest BCUT2D eigenvalue weighted by Crippen LogP contribution is -2.53. The van der Waals surface area contributed by atoms with E-state index in [-0.39, 0.29) is 11.9 Å². The Morgan fingerprint density at radius 2 is 2.03 bits per heavy atom. The Labute approximate surface area is 188 Å². The molecule has 1 atom stereocenters. The lowest BCUT2D eigenvalue weighted by molar-refractivity contribution is -0.123. The summed E-state index contributed by atoms with van der Waals surface area (Å²) in [5.74, 6) is 0.849. The van der Waals surface area contributed by atoms with Crippen LogP contribution in [-0.4, -0.2) is 39.5 Å². The van der Waals surface area contributed by atoms with Crippen LogP contribution >= 0.6 is 27.5 Å². The van der Waals surface area contributed by atoms with Gasteiger partial charge in [-0.3, -0.25) is 4.79 Å². The highest BCUT2D eigenvalue weighted by molar-refractivity contribution is 9.10. The summed E-state index contributed by atoms with van der Waals surface area (Å²) in [5.41, 5.74) is 7.89. The molecule has 9 heteroatoms. The Balaban J connectivity index is 1.37. The van der Waals surface area contributed by atoms with Crippen molar-refractivity contribution in [1.82, 2.24) is 20.3 Å². The Hall–Kier alpha value is -2.16. The predicted octanol–water partition coefficient (Wildman–Crippen LogP) is 3.94. The minimum Gasteiger partial charge on any atom is -0.356 e. The first-order valence-electron chi connectivity index (χ1n) is 9.91. The lowest BCUT2D eigenvalue weighted by Gasteiger charge is -2.39. The van der Waals surface area contributed by atoms with Gasteiger partial charge in [0.2, 0.25) is 5.91 Å². The molecule has 1 aliphatic heterocycles. The van der Waals surface area contributed by atoms with Crippen molar-refractivity contribution >= 4 is 50.3 Å². The largest absolute Gasteiger partial charge is 0.356 e. The molecule has 4 rings (SSSR count). The highest BCUT2D eigenvalue weighted by Gasteiger charge is 2.34. The number of benzene rings is 1. The van der Waals surface area contributed by atoms with E-state index in [9.17, 15) is 4.79 Å². The maximum Gasteiger partial charge on any atom is 0.222 e. The number of amides is 1. The fourth-order valence-electron chi connectivity index (χ4n) is 3.94. The van der Waals surface area contributed by atoms with Crippen LogP contribution in [0.15, 0.2) is 41.3 Å². The van der Waals surface area contributed by atoms with Crippen LogP contribution in [0.1, 0.15) is 37.8 Å². The topological polar surface area (TPSA) is 99.9 Å². The minimum atomic E-state index is -0.526. The number of nitrogens with two attached hydrogens (primary N) is 1. The molecular weight excluding hydrogens is 468 g/mol. The van der Waals surface area contributed by atoms with Crippen molar-refractivity contribution in [3.8, 4) is 0 Å². The maximum atomic E-state index is 12.6. The lowest BCUT2D eigenvalue weighted by atomic mass is 9.85. The third-order valence-corrected chi connectivity index (χ3v) is 6.60. The number of piperidine rings is 1. The van der Waals surface area contributed by atoms with E-state index in [0.717, 1.165) is 40.0 Å². The van der Waals surface area contributed by atoms with Gasteiger partial charge in [0.05, 0.1) is 11.4 Å². The van der Waals surface area contributed by atoms with Crippen molar-refractivity contribution in [2.45, 2.75) is 37.8 Å². The zero-order valence-corrected chi connectivity index (χ0v) is 19.0. The quantitative estimate of drug-likeness (QED) is 0.502. The molecule has 1 aromatic carbocycles. The van der Waals surface area contributed by atoms with Gasteiger partial charge in [0.1, 0.15) is 17.8 Å². The van der Waals surface area contributed by atoms with Crippen LogP contribution in [0.2, 0.25) is 5.02 Å². The molecule has 4 N–H and O–H groups in total. The average Bonchev–Trinajstić information content (AvgIpc) is 3.10. The van der Waals surface area contributed by atoms with Crippen LogP contribution in [0.3, 0.4) is 0 Å². The molecule has 1 saturated heterocycles. The van der Waals surface area contributed by atoms with Crippen LogP contribution in [0, 0.1) is 0 Å². The van der Waals surface area contributed by atoms with Gasteiger partial charge < -0.3 is 20.9 Å². The first kappa shape index (κ1) is 21.1. The number of aromatic nitrogens is 3. The number of rotatable bonds is 5. The second-order valence-corrected chi connectivity index (χ2v) is 9.22. The molecule has 0 bridgehead atoms. The van der Waals surface area contributed by atoms with Gasteiger partial charge in [-0.2, -0.15) is 0 Å². The van der Waals surface area contributed by atoms with E-state index in [1.807, 2.05) is 37.4 Å². The van der Waals surface area contributed by atoms with Crippen LogP contribution in [0.25, 0.3) is 11.0 Å². The van der Waals surface area contributed by atoms with Crippen molar-refractivity contribution in [3.63, 3.8) is 0 Å². The molecule has 158 valence electrons. The van der Waals surface area contributed by atoms with E-state index >= 15 is 0 Å². The van der Waals surface area contributed by atoms with Crippen LogP contribution in [0.4, 0.5) is 5.82 Å². The first-order valence-corrected chi connectivity index (χ1v) is 11.1. The Bertz CT molecular complexity index is 1050. The molecule has 1 amide bonds. The summed E-state index contributed by atoms with van der Waals surface area (Å²) < 4.78 is 0.938. The van der Waals surface area contributed by atoms with Crippen molar-refractivity contribution in [1.29, 1.82) is 0 Å². The molecule has 0 radical (unpaired) electrons. The molecule has 1 aliphatic rings. The fourth-order valence-corrected chi connectivity index (χ4v) is 4.54. The minimum absolute atomic E-state index is 0.0359. The van der Waals surface area contributed by atoms with E-state index in [0.29, 0.717) is 24.3 Å². The number of nitrogens with one attached hydrogen (secondary N) is 2. The number of anilines is 1. The number of hydrogen-bond donors (Lipinski definition) is 3. The van der Waals surface area contributed by atoms with Crippen LogP contribution < -0.4 is 16.0 Å². The SMILES string of the molecule is C[C@H](NC(=O)CC1(N)CCN(c2ncnc3[nH]cc(Br)c23)CC1)c1ccc(Cl)cc1. The molecule has 2 aromatic heterocycles. The van der Waals surface area contributed by atoms with Gasteiger partial charge in [-0.05, 0) is 53.4 Å². The molecule has 3 heterocycles. The van der Waals surface area contributed by atoms with Gasteiger partial charge in [0, 0.05) is 40.7 Å². The normalized spacial score (nSPS) is 17.1. The van der Waals surface area contributed by atoms with E-state index < -0.39 is 5.54 Å². The maximum absolute atomic E-state index is 12.6. The van der Waals surface area contributed by atoms with Crippen LogP contribution in [0.5, 0.6) is 0 Å². The van der Waals surface area contributed by atoms with Gasteiger partial charge in [0.15, 0.2) is 0 Å². The van der Waals surface area contributed by atoms with Gasteiger partial charge in [-0.1, -0.05) is 23.7 Å². The first-order chi connectivity index (χ1) is 14.3. The number of hydrogen-bond acceptors (Lipinski definition) is 5. The number of nitrogens with zero attached hydrogens (tertiary/aromatic N) is 3. The van der Waals surface area contributed by atoms with Gasteiger partial charge in [0.25, 0.3) is 0 Å². The highest BCUT2D eigenvalue weighted by atomic mass is 79.9. The Morgan fingerprint density at radius 1 is 1.33 bits per heavy atom. The number of H-pyrrole nitrogens is 1. The van der Waals surface area contributed by atoms with Gasteiger partial charge in [-0.25, -0.2) is 9.97 Å². The summed E-state index contributed by atoms with van der Waals surface area (Å²) in [6.07, 6.45) is 5.15. The van der Waals surface area contributed by atoms with Gasteiger partial charge in [-0.15, -0.1) is 0 Å². The molecule has 0 aliphatic carbocycles. The van der Waals surface area contributed by atoms with E-state index in [1.165, 1.54) is 0 Å². The highest BCUT2D eigenvalue weighted by Crippen LogP contribution is 2.33. The zero-order chi connectivity index (χ0) is 21.3. The predicted molar refractivity (Wildman–Crippen MR) is 123 cm³/mol. The van der Waals surface area contributed by atoms with E-state index in [1.54, 1.807) is 6.33 Å². The molecule has 0 spiro atoms. The van der Waals surface area contributed by atoms with Gasteiger partial charge >= 0.3 is 0 Å². The van der Waals surface area contributed by atoms with Crippen molar-refractivity contribution in [2.75, 3.05) is 18.0 Å². The standard InChI is InChI=1S/C21H24BrClN6O/c1-13(14-2-4-15(23)5-3-14)28-17(30)10-21(24)6-8-29(9-7-21)20-18-16(22)11-25-19(18)26-12-27-20/h2-5,11-13H,6-10,24H2,1H3,(H,28,30)(H,25,26,27)/t13-/m0/s1. The smallest absolute Gasteiger partial charge is 0.222 e. The average molecular weight is 492 g/mol. The number of carbonyl (C=O) groups excluding carboxylic acids is 1. The zero-order valence-electron chi connectivity index (χ0n) is 16.7. The second-order valence-electron chi connectivity index (χ2n) is 7.92. The summed E-state index contributed by atoms with van der Waals surface area (Å²) in [5, 5.41) is 4.70. The fraction of sp³-hybridized carbons (Fsp3) is 0.381. The van der Waals surface area contributed by atoms with Crippen molar-refractivity contribution in [2.24, 2.45) is 5.73 Å². The molecule has 0 unspecified atom stereocenters. The Kier molecular flexibility index (Phi) is 5.99. The van der Waals surface area contributed by atoms with Crippen LogP contribution in [-0.2, 0) is 4.79 Å². The summed E-state index contributed by atoms with van der Waals surface area (Å²) in [6, 6.07) is 7.40.